The van der Waals surface area contributed by atoms with Crippen LogP contribution in [0.5, 0.6) is 11.5 Å². The highest BCUT2D eigenvalue weighted by Crippen LogP contribution is 2.32. The van der Waals surface area contributed by atoms with Gasteiger partial charge in [0.15, 0.2) is 29.7 Å². The second kappa shape index (κ2) is 6.67. The molecule has 8 heteroatoms. The van der Waals surface area contributed by atoms with Gasteiger partial charge >= 0.3 is 5.97 Å². The fraction of sp³-hybridized carbons (Fsp3) is 0.111. The zero-order chi connectivity index (χ0) is 17.9. The maximum absolute atomic E-state index is 12.2. The lowest BCUT2D eigenvalue weighted by molar-refractivity contribution is 0.0474. The third kappa shape index (κ3) is 3.12. The third-order valence-corrected chi connectivity index (χ3v) is 3.75. The van der Waals surface area contributed by atoms with Gasteiger partial charge in [-0.1, -0.05) is 0 Å². The predicted molar refractivity (Wildman–Crippen MR) is 88.5 cm³/mol. The minimum Gasteiger partial charge on any atom is -0.454 e. The van der Waals surface area contributed by atoms with Gasteiger partial charge in [-0.3, -0.25) is 4.79 Å². The van der Waals surface area contributed by atoms with Crippen LogP contribution in [0.1, 0.15) is 20.7 Å². The first-order valence-corrected chi connectivity index (χ1v) is 7.77. The maximum Gasteiger partial charge on any atom is 0.340 e. The van der Waals surface area contributed by atoms with Crippen LogP contribution in [0, 0.1) is 0 Å². The Kier molecular flexibility index (Phi) is 4.06. The number of carbonyl (C=O) groups excluding carboxylic acids is 2. The van der Waals surface area contributed by atoms with Crippen molar-refractivity contribution in [1.82, 2.24) is 14.8 Å². The lowest BCUT2D eigenvalue weighted by Crippen LogP contribution is -2.14. The molecule has 0 aliphatic carbocycles. The monoisotopic (exact) mass is 351 g/mol. The Morgan fingerprint density at radius 2 is 1.96 bits per heavy atom. The zero-order valence-electron chi connectivity index (χ0n) is 13.5. The number of pyridine rings is 1. The molecule has 1 aromatic carbocycles. The van der Waals surface area contributed by atoms with Crippen molar-refractivity contribution < 1.29 is 23.8 Å². The SMILES string of the molecule is O=C(COC(=O)c1ccc(-n2cccn2)nc1)c1ccc2c(c1)OCO2. The van der Waals surface area contributed by atoms with Crippen molar-refractivity contribution in [2.24, 2.45) is 0 Å². The van der Waals surface area contributed by atoms with E-state index in [-0.39, 0.29) is 24.7 Å². The summed E-state index contributed by atoms with van der Waals surface area (Å²) in [6, 6.07) is 9.80. The fourth-order valence-corrected chi connectivity index (χ4v) is 2.41. The smallest absolute Gasteiger partial charge is 0.340 e. The number of rotatable bonds is 5. The van der Waals surface area contributed by atoms with Crippen LogP contribution in [-0.2, 0) is 4.74 Å². The summed E-state index contributed by atoms with van der Waals surface area (Å²) in [6.45, 7) is -0.247. The molecule has 1 aliphatic rings. The van der Waals surface area contributed by atoms with Gasteiger partial charge in [0.2, 0.25) is 6.79 Å². The van der Waals surface area contributed by atoms with E-state index in [0.717, 1.165) is 0 Å². The van der Waals surface area contributed by atoms with Crippen LogP contribution in [0.4, 0.5) is 0 Å². The Morgan fingerprint density at radius 3 is 2.73 bits per heavy atom. The van der Waals surface area contributed by atoms with Gasteiger partial charge in [-0.05, 0) is 36.4 Å². The maximum atomic E-state index is 12.2. The molecule has 0 atom stereocenters. The number of hydrogen-bond acceptors (Lipinski definition) is 7. The molecule has 8 nitrogen and oxygen atoms in total. The number of ether oxygens (including phenoxy) is 3. The van der Waals surface area contributed by atoms with Crippen molar-refractivity contribution in [2.75, 3.05) is 13.4 Å². The van der Waals surface area contributed by atoms with Gasteiger partial charge in [0.05, 0.1) is 5.56 Å². The van der Waals surface area contributed by atoms with Gasteiger partial charge < -0.3 is 14.2 Å². The van der Waals surface area contributed by atoms with Gasteiger partial charge in [-0.15, -0.1) is 0 Å². The summed E-state index contributed by atoms with van der Waals surface area (Å²) in [5, 5.41) is 4.05. The van der Waals surface area contributed by atoms with E-state index in [1.54, 1.807) is 53.5 Å². The van der Waals surface area contributed by atoms with E-state index in [1.165, 1.54) is 6.20 Å². The number of Topliss-reactive ketones (excluding diaryl/α,β-unsaturated/α-hetero) is 1. The van der Waals surface area contributed by atoms with Crippen LogP contribution in [0.15, 0.2) is 55.0 Å². The molecule has 2 aromatic heterocycles. The van der Waals surface area contributed by atoms with E-state index in [0.29, 0.717) is 22.9 Å². The molecule has 0 amide bonds. The van der Waals surface area contributed by atoms with E-state index < -0.39 is 5.97 Å². The predicted octanol–water partition coefficient (Wildman–Crippen LogP) is 2.04. The van der Waals surface area contributed by atoms with E-state index in [4.69, 9.17) is 14.2 Å². The third-order valence-electron chi connectivity index (χ3n) is 3.75. The van der Waals surface area contributed by atoms with Crippen molar-refractivity contribution >= 4 is 11.8 Å². The summed E-state index contributed by atoms with van der Waals surface area (Å²) in [4.78, 5) is 28.4. The van der Waals surface area contributed by atoms with Crippen LogP contribution in [0.3, 0.4) is 0 Å². The van der Waals surface area contributed by atoms with Crippen molar-refractivity contribution in [3.63, 3.8) is 0 Å². The lowest BCUT2D eigenvalue weighted by atomic mass is 10.1. The number of fused-ring (bicyclic) bond motifs is 1. The average molecular weight is 351 g/mol. The molecular weight excluding hydrogens is 338 g/mol. The van der Waals surface area contributed by atoms with Gasteiger partial charge in [-0.2, -0.15) is 5.10 Å². The van der Waals surface area contributed by atoms with Gasteiger partial charge in [0, 0.05) is 24.2 Å². The Labute approximate surface area is 147 Å². The van der Waals surface area contributed by atoms with Crippen LogP contribution in [-0.4, -0.2) is 39.9 Å². The van der Waals surface area contributed by atoms with E-state index in [1.807, 2.05) is 0 Å². The summed E-state index contributed by atoms with van der Waals surface area (Å²) in [5.74, 6) is 0.696. The minimum absolute atomic E-state index is 0.128. The molecule has 1 aliphatic heterocycles. The summed E-state index contributed by atoms with van der Waals surface area (Å²) in [7, 11) is 0. The molecule has 0 spiro atoms. The molecule has 0 bridgehead atoms. The fourth-order valence-electron chi connectivity index (χ4n) is 2.41. The van der Waals surface area contributed by atoms with Gasteiger partial charge in [0.1, 0.15) is 0 Å². The number of carbonyl (C=O) groups is 2. The summed E-state index contributed by atoms with van der Waals surface area (Å²) < 4.78 is 17.1. The molecule has 0 unspecified atom stereocenters. The molecule has 3 aromatic rings. The van der Waals surface area contributed by atoms with Crippen molar-refractivity contribution in [3.05, 3.63) is 66.1 Å². The van der Waals surface area contributed by atoms with E-state index in [9.17, 15) is 9.59 Å². The van der Waals surface area contributed by atoms with Gasteiger partial charge in [0.25, 0.3) is 0 Å². The summed E-state index contributed by atoms with van der Waals surface area (Å²) >= 11 is 0. The summed E-state index contributed by atoms with van der Waals surface area (Å²) in [6.07, 6.45) is 4.75. The number of hydrogen-bond donors (Lipinski definition) is 0. The van der Waals surface area contributed by atoms with E-state index in [2.05, 4.69) is 10.1 Å². The molecular formula is C18H13N3O5. The molecule has 3 heterocycles. The Morgan fingerprint density at radius 1 is 1.12 bits per heavy atom. The normalized spacial score (nSPS) is 12.0. The first-order valence-electron chi connectivity index (χ1n) is 7.77. The molecule has 26 heavy (non-hydrogen) atoms. The quantitative estimate of drug-likeness (QED) is 0.513. The van der Waals surface area contributed by atoms with Gasteiger partial charge in [-0.25, -0.2) is 14.5 Å². The van der Waals surface area contributed by atoms with Crippen molar-refractivity contribution in [3.8, 4) is 17.3 Å². The first kappa shape index (κ1) is 15.8. The standard InChI is InChI=1S/C18H13N3O5/c22-14(12-2-4-15-16(8-12)26-11-25-15)10-24-18(23)13-3-5-17(19-9-13)21-7-1-6-20-21/h1-9H,10-11H2. The second-order valence-corrected chi connectivity index (χ2v) is 5.42. The Bertz CT molecular complexity index is 951. The molecule has 130 valence electrons. The van der Waals surface area contributed by atoms with E-state index >= 15 is 0 Å². The van der Waals surface area contributed by atoms with Crippen molar-refractivity contribution in [1.29, 1.82) is 0 Å². The molecule has 0 N–H and O–H groups in total. The molecule has 0 fully saturated rings. The average Bonchev–Trinajstić information content (AvgIpc) is 3.37. The Balaban J connectivity index is 1.38. The summed E-state index contributed by atoms with van der Waals surface area (Å²) in [5.41, 5.74) is 0.633. The number of ketones is 1. The van der Waals surface area contributed by atoms with Crippen LogP contribution >= 0.6 is 0 Å². The topological polar surface area (TPSA) is 92.5 Å². The highest BCUT2D eigenvalue weighted by molar-refractivity contribution is 5.99. The molecule has 0 saturated carbocycles. The largest absolute Gasteiger partial charge is 0.454 e. The number of esters is 1. The first-order chi connectivity index (χ1) is 12.7. The minimum atomic E-state index is -0.626. The number of nitrogens with zero attached hydrogens (tertiary/aromatic N) is 3. The second-order valence-electron chi connectivity index (χ2n) is 5.42. The lowest BCUT2D eigenvalue weighted by Gasteiger charge is -2.06. The van der Waals surface area contributed by atoms with Crippen molar-refractivity contribution in [2.45, 2.75) is 0 Å². The Hall–Kier alpha value is -3.68. The highest BCUT2D eigenvalue weighted by Gasteiger charge is 2.17. The van der Waals surface area contributed by atoms with Crippen LogP contribution in [0.2, 0.25) is 0 Å². The zero-order valence-corrected chi connectivity index (χ0v) is 13.5. The molecule has 4 rings (SSSR count). The molecule has 0 saturated heterocycles. The van der Waals surface area contributed by atoms with Crippen LogP contribution < -0.4 is 9.47 Å². The highest BCUT2D eigenvalue weighted by atomic mass is 16.7. The number of aromatic nitrogens is 3. The number of benzene rings is 1. The van der Waals surface area contributed by atoms with Crippen LogP contribution in [0.25, 0.3) is 5.82 Å². The molecule has 0 radical (unpaired) electrons.